The molecule has 0 saturated carbocycles. The number of nitrogens with one attached hydrogen (secondary N) is 1. The minimum absolute atomic E-state index is 0.000245. The third-order valence-electron chi connectivity index (χ3n) is 4.65. The van der Waals surface area contributed by atoms with Crippen molar-refractivity contribution < 1.29 is 9.21 Å². The number of aromatic amines is 1. The Morgan fingerprint density at radius 3 is 3.04 bits per heavy atom. The van der Waals surface area contributed by atoms with Crippen LogP contribution in [0.4, 0.5) is 0 Å². The number of hydrogen-bond donors (Lipinski definition) is 1. The van der Waals surface area contributed by atoms with E-state index in [2.05, 4.69) is 38.1 Å². The topological polar surface area (TPSA) is 75.0 Å². The van der Waals surface area contributed by atoms with Crippen molar-refractivity contribution in [2.24, 2.45) is 0 Å². The third-order valence-corrected chi connectivity index (χ3v) is 7.38. The van der Waals surface area contributed by atoms with E-state index in [0.717, 1.165) is 18.7 Å². The maximum Gasteiger partial charge on any atom is 0.277 e. The van der Waals surface area contributed by atoms with Gasteiger partial charge < -0.3 is 14.3 Å². The number of hydrogen-bond acceptors (Lipinski definition) is 7. The maximum absolute atomic E-state index is 13.1. The molecule has 0 saturated heterocycles. The minimum Gasteiger partial charge on any atom is -0.410 e. The van der Waals surface area contributed by atoms with Crippen LogP contribution in [0, 0.1) is 0 Å². The van der Waals surface area contributed by atoms with Crippen LogP contribution in [0.5, 0.6) is 0 Å². The molecule has 6 nitrogen and oxygen atoms in total. The van der Waals surface area contributed by atoms with Crippen molar-refractivity contribution in [1.82, 2.24) is 20.1 Å². The van der Waals surface area contributed by atoms with Crippen LogP contribution in [0.25, 0.3) is 11.6 Å². The third kappa shape index (κ3) is 3.30. The highest BCUT2D eigenvalue weighted by Gasteiger charge is 2.33. The standard InChI is InChI=1S/C19H16N4O2S3/c24-16(11-28-19-22-21-18(25-19)13-3-1-7-20-13)23-8-5-14-12(6-10-27-14)17(23)15-4-2-9-26-15/h1-4,6-7,9-10,17,20H,5,8,11H2. The second kappa shape index (κ2) is 7.57. The van der Waals surface area contributed by atoms with Gasteiger partial charge in [-0.2, -0.15) is 0 Å². The van der Waals surface area contributed by atoms with Crippen LogP contribution in [-0.2, 0) is 11.2 Å². The normalized spacial score (nSPS) is 16.3. The van der Waals surface area contributed by atoms with Crippen LogP contribution in [0.2, 0.25) is 0 Å². The molecule has 0 bridgehead atoms. The molecule has 1 amide bonds. The molecule has 0 aliphatic carbocycles. The lowest BCUT2D eigenvalue weighted by Crippen LogP contribution is -2.40. The lowest BCUT2D eigenvalue weighted by atomic mass is 9.98. The Bertz CT molecular complexity index is 1070. The molecule has 1 atom stereocenters. The number of carbonyl (C=O) groups is 1. The average Bonchev–Trinajstić information content (AvgIpc) is 3.50. The SMILES string of the molecule is O=C(CSc1nnc(-c2ccc[nH]2)o1)N1CCc2sccc2C1c1cccs1. The Morgan fingerprint density at radius 2 is 2.21 bits per heavy atom. The monoisotopic (exact) mass is 428 g/mol. The number of aromatic nitrogens is 3. The van der Waals surface area contributed by atoms with Crippen molar-refractivity contribution >= 4 is 40.3 Å². The van der Waals surface area contributed by atoms with Gasteiger partial charge in [0.1, 0.15) is 5.69 Å². The van der Waals surface area contributed by atoms with Gasteiger partial charge in [-0.1, -0.05) is 17.8 Å². The molecule has 0 aromatic carbocycles. The predicted octanol–water partition coefficient (Wildman–Crippen LogP) is 4.45. The summed E-state index contributed by atoms with van der Waals surface area (Å²) in [5, 5.41) is 12.7. The van der Waals surface area contributed by atoms with E-state index in [4.69, 9.17) is 4.42 Å². The van der Waals surface area contributed by atoms with Crippen LogP contribution in [0.15, 0.2) is 56.9 Å². The van der Waals surface area contributed by atoms with Gasteiger partial charge in [-0.25, -0.2) is 0 Å². The van der Waals surface area contributed by atoms with Crippen molar-refractivity contribution in [3.05, 3.63) is 62.6 Å². The molecular weight excluding hydrogens is 412 g/mol. The molecule has 4 aromatic rings. The summed E-state index contributed by atoms with van der Waals surface area (Å²) in [6, 6.07) is 10.0. The van der Waals surface area contributed by atoms with E-state index in [9.17, 15) is 4.79 Å². The molecule has 142 valence electrons. The lowest BCUT2D eigenvalue weighted by molar-refractivity contribution is -0.130. The number of rotatable bonds is 5. The maximum atomic E-state index is 13.1. The van der Waals surface area contributed by atoms with Crippen molar-refractivity contribution in [3.8, 4) is 11.6 Å². The van der Waals surface area contributed by atoms with Crippen LogP contribution in [0.1, 0.15) is 21.4 Å². The zero-order valence-corrected chi connectivity index (χ0v) is 17.1. The number of thioether (sulfide) groups is 1. The molecule has 9 heteroatoms. The van der Waals surface area contributed by atoms with Gasteiger partial charge in [0.15, 0.2) is 0 Å². The number of amides is 1. The molecule has 5 heterocycles. The molecule has 1 N–H and O–H groups in total. The second-order valence-corrected chi connectivity index (χ2v) is 9.21. The molecular formula is C19H16N4O2S3. The summed E-state index contributed by atoms with van der Waals surface area (Å²) in [5.74, 6) is 0.783. The molecule has 4 aromatic heterocycles. The Kier molecular flexibility index (Phi) is 4.79. The van der Waals surface area contributed by atoms with Gasteiger partial charge in [0, 0.05) is 22.5 Å². The first-order valence-corrected chi connectivity index (χ1v) is 11.5. The molecule has 0 spiro atoms. The van der Waals surface area contributed by atoms with Crippen molar-refractivity contribution in [2.45, 2.75) is 17.7 Å². The first-order chi connectivity index (χ1) is 13.8. The Labute approximate surface area is 173 Å². The summed E-state index contributed by atoms with van der Waals surface area (Å²) in [5.41, 5.74) is 2.02. The first kappa shape index (κ1) is 17.7. The number of nitrogens with zero attached hydrogens (tertiary/aromatic N) is 3. The molecule has 0 fully saturated rings. The Balaban J connectivity index is 1.32. The van der Waals surface area contributed by atoms with Crippen LogP contribution >= 0.6 is 34.4 Å². The number of fused-ring (bicyclic) bond motifs is 1. The van der Waals surface area contributed by atoms with Crippen molar-refractivity contribution in [1.29, 1.82) is 0 Å². The van der Waals surface area contributed by atoms with Crippen molar-refractivity contribution in [3.63, 3.8) is 0 Å². The summed E-state index contributed by atoms with van der Waals surface area (Å²) in [7, 11) is 0. The van der Waals surface area contributed by atoms with Gasteiger partial charge >= 0.3 is 0 Å². The van der Waals surface area contributed by atoms with E-state index in [1.165, 1.54) is 27.1 Å². The molecule has 1 unspecified atom stereocenters. The van der Waals surface area contributed by atoms with Gasteiger partial charge in [0.05, 0.1) is 11.8 Å². The second-order valence-electron chi connectivity index (χ2n) is 6.30. The Hall–Kier alpha value is -2.36. The van der Waals surface area contributed by atoms with Gasteiger partial charge in [0.25, 0.3) is 11.1 Å². The fourth-order valence-electron chi connectivity index (χ4n) is 3.39. The highest BCUT2D eigenvalue weighted by molar-refractivity contribution is 7.99. The summed E-state index contributed by atoms with van der Waals surface area (Å²) in [6.45, 7) is 0.729. The van der Waals surface area contributed by atoms with Gasteiger partial charge in [-0.15, -0.1) is 32.9 Å². The predicted molar refractivity (Wildman–Crippen MR) is 111 cm³/mol. The van der Waals surface area contributed by atoms with E-state index >= 15 is 0 Å². The minimum atomic E-state index is 0.000245. The smallest absolute Gasteiger partial charge is 0.277 e. The lowest BCUT2D eigenvalue weighted by Gasteiger charge is -2.35. The quantitative estimate of drug-likeness (QED) is 0.475. The highest BCUT2D eigenvalue weighted by Crippen LogP contribution is 2.39. The van der Waals surface area contributed by atoms with E-state index < -0.39 is 0 Å². The first-order valence-electron chi connectivity index (χ1n) is 8.79. The average molecular weight is 429 g/mol. The molecule has 5 rings (SSSR count). The van der Waals surface area contributed by atoms with Gasteiger partial charge in [-0.05, 0) is 47.0 Å². The van der Waals surface area contributed by atoms with Gasteiger partial charge in [-0.3, -0.25) is 4.79 Å². The summed E-state index contributed by atoms with van der Waals surface area (Å²) in [4.78, 5) is 20.7. The van der Waals surface area contributed by atoms with Gasteiger partial charge in [0.2, 0.25) is 5.91 Å². The van der Waals surface area contributed by atoms with E-state index in [-0.39, 0.29) is 17.7 Å². The molecule has 0 radical (unpaired) electrons. The Morgan fingerprint density at radius 1 is 1.25 bits per heavy atom. The summed E-state index contributed by atoms with van der Waals surface area (Å²) in [6.07, 6.45) is 2.71. The van der Waals surface area contributed by atoms with Crippen LogP contribution in [0.3, 0.4) is 0 Å². The molecule has 28 heavy (non-hydrogen) atoms. The summed E-state index contributed by atoms with van der Waals surface area (Å²) < 4.78 is 5.65. The molecule has 1 aliphatic rings. The van der Waals surface area contributed by atoms with E-state index in [1.807, 2.05) is 23.1 Å². The highest BCUT2D eigenvalue weighted by atomic mass is 32.2. The molecule has 1 aliphatic heterocycles. The number of H-pyrrole nitrogens is 1. The van der Waals surface area contributed by atoms with E-state index in [1.54, 1.807) is 28.9 Å². The van der Waals surface area contributed by atoms with Crippen LogP contribution in [-0.4, -0.2) is 38.3 Å². The number of thiophene rings is 2. The van der Waals surface area contributed by atoms with E-state index in [0.29, 0.717) is 11.1 Å². The van der Waals surface area contributed by atoms with Crippen molar-refractivity contribution in [2.75, 3.05) is 12.3 Å². The number of carbonyl (C=O) groups excluding carboxylic acids is 1. The fraction of sp³-hybridized carbons (Fsp3) is 0.211. The zero-order valence-electron chi connectivity index (χ0n) is 14.7. The largest absolute Gasteiger partial charge is 0.410 e. The summed E-state index contributed by atoms with van der Waals surface area (Å²) >= 11 is 4.75. The fourth-order valence-corrected chi connectivity index (χ4v) is 5.79. The zero-order chi connectivity index (χ0) is 18.9. The van der Waals surface area contributed by atoms with Crippen LogP contribution < -0.4 is 0 Å².